The molecular formula is C8H10N4S. The number of nitrogens with zero attached hydrogens (tertiary/aromatic N) is 2. The van der Waals surface area contributed by atoms with E-state index in [4.69, 9.17) is 0 Å². The Morgan fingerprint density at radius 1 is 1.54 bits per heavy atom. The number of thiophene rings is 1. The van der Waals surface area contributed by atoms with Gasteiger partial charge in [0.1, 0.15) is 6.33 Å². The molecule has 5 heteroatoms. The zero-order chi connectivity index (χ0) is 9.10. The molecule has 0 aromatic carbocycles. The fraction of sp³-hybridized carbons (Fsp3) is 0.250. The molecule has 2 N–H and O–H groups in total. The van der Waals surface area contributed by atoms with Gasteiger partial charge in [0.05, 0.1) is 6.54 Å². The first-order chi connectivity index (χ1) is 6.34. The molecule has 0 saturated heterocycles. The van der Waals surface area contributed by atoms with E-state index in [1.807, 2.05) is 0 Å². The SMILES string of the molecule is Cc1ccc(CNc2ncn[nH]2)s1. The standard InChI is InChI=1S/C8H10N4S/c1-6-2-3-7(13-6)4-9-8-10-5-11-12-8/h2-3,5H,4H2,1H3,(H2,9,10,11,12). The van der Waals surface area contributed by atoms with E-state index in [0.717, 1.165) is 6.54 Å². The number of hydrogen-bond acceptors (Lipinski definition) is 4. The molecular weight excluding hydrogens is 184 g/mol. The molecule has 68 valence electrons. The Hall–Kier alpha value is -1.36. The average molecular weight is 194 g/mol. The van der Waals surface area contributed by atoms with Gasteiger partial charge in [0, 0.05) is 9.75 Å². The van der Waals surface area contributed by atoms with Gasteiger partial charge in [-0.3, -0.25) is 0 Å². The molecule has 0 atom stereocenters. The van der Waals surface area contributed by atoms with Crippen molar-refractivity contribution in [3.8, 4) is 0 Å². The van der Waals surface area contributed by atoms with Gasteiger partial charge in [-0.1, -0.05) is 0 Å². The maximum atomic E-state index is 3.96. The van der Waals surface area contributed by atoms with Crippen LogP contribution < -0.4 is 5.32 Å². The minimum absolute atomic E-state index is 0.714. The van der Waals surface area contributed by atoms with Crippen molar-refractivity contribution in [2.45, 2.75) is 13.5 Å². The second-order valence-electron chi connectivity index (χ2n) is 2.70. The van der Waals surface area contributed by atoms with Crippen LogP contribution in [0.5, 0.6) is 0 Å². The molecule has 4 nitrogen and oxygen atoms in total. The van der Waals surface area contributed by atoms with E-state index in [1.165, 1.54) is 16.1 Å². The van der Waals surface area contributed by atoms with Crippen molar-refractivity contribution >= 4 is 17.3 Å². The van der Waals surface area contributed by atoms with Crippen LogP contribution in [0.2, 0.25) is 0 Å². The number of anilines is 1. The number of hydrogen-bond donors (Lipinski definition) is 2. The monoisotopic (exact) mass is 194 g/mol. The third-order valence-electron chi connectivity index (χ3n) is 1.64. The molecule has 0 saturated carbocycles. The number of H-pyrrole nitrogens is 1. The van der Waals surface area contributed by atoms with E-state index in [2.05, 4.69) is 39.6 Å². The summed E-state index contributed by atoms with van der Waals surface area (Å²) >= 11 is 1.79. The summed E-state index contributed by atoms with van der Waals surface area (Å²) in [6.45, 7) is 2.90. The largest absolute Gasteiger partial charge is 0.350 e. The summed E-state index contributed by atoms with van der Waals surface area (Å²) in [5, 5.41) is 9.63. The fourth-order valence-corrected chi connectivity index (χ4v) is 1.87. The predicted molar refractivity (Wildman–Crippen MR) is 52.8 cm³/mol. The van der Waals surface area contributed by atoms with Gasteiger partial charge in [-0.25, -0.2) is 10.1 Å². The first-order valence-electron chi connectivity index (χ1n) is 3.99. The lowest BCUT2D eigenvalue weighted by Gasteiger charge is -1.97. The lowest BCUT2D eigenvalue weighted by atomic mass is 10.4. The maximum absolute atomic E-state index is 3.96. The molecule has 2 heterocycles. The lowest BCUT2D eigenvalue weighted by molar-refractivity contribution is 1.05. The first kappa shape index (κ1) is 8.25. The van der Waals surface area contributed by atoms with Gasteiger partial charge < -0.3 is 5.32 Å². The summed E-state index contributed by atoms with van der Waals surface area (Å²) in [6.07, 6.45) is 1.49. The van der Waals surface area contributed by atoms with Crippen LogP contribution in [0.1, 0.15) is 9.75 Å². The summed E-state index contributed by atoms with van der Waals surface area (Å²) in [6, 6.07) is 4.23. The molecule has 0 bridgehead atoms. The van der Waals surface area contributed by atoms with Crippen molar-refractivity contribution in [3.05, 3.63) is 28.2 Å². The minimum atomic E-state index is 0.714. The van der Waals surface area contributed by atoms with Gasteiger partial charge in [0.15, 0.2) is 0 Å². The Morgan fingerprint density at radius 3 is 3.08 bits per heavy atom. The van der Waals surface area contributed by atoms with Crippen molar-refractivity contribution in [1.82, 2.24) is 15.2 Å². The highest BCUT2D eigenvalue weighted by molar-refractivity contribution is 7.11. The number of aryl methyl sites for hydroxylation is 1. The highest BCUT2D eigenvalue weighted by atomic mass is 32.1. The number of rotatable bonds is 3. The molecule has 0 aliphatic heterocycles. The van der Waals surface area contributed by atoms with Crippen molar-refractivity contribution in [2.24, 2.45) is 0 Å². The first-order valence-corrected chi connectivity index (χ1v) is 4.81. The van der Waals surface area contributed by atoms with E-state index < -0.39 is 0 Å². The number of aromatic amines is 1. The zero-order valence-corrected chi connectivity index (χ0v) is 8.06. The Bertz CT molecular complexity index is 365. The van der Waals surface area contributed by atoms with Gasteiger partial charge >= 0.3 is 0 Å². The summed E-state index contributed by atoms with van der Waals surface area (Å²) in [5.74, 6) is 0.714. The quantitative estimate of drug-likeness (QED) is 0.783. The second-order valence-corrected chi connectivity index (χ2v) is 4.07. The van der Waals surface area contributed by atoms with Crippen molar-refractivity contribution in [3.63, 3.8) is 0 Å². The van der Waals surface area contributed by atoms with Crippen LogP contribution in [0.15, 0.2) is 18.5 Å². The van der Waals surface area contributed by atoms with Crippen molar-refractivity contribution in [2.75, 3.05) is 5.32 Å². The summed E-state index contributed by atoms with van der Waals surface area (Å²) < 4.78 is 0. The Balaban J connectivity index is 1.93. The molecule has 2 aromatic heterocycles. The van der Waals surface area contributed by atoms with Gasteiger partial charge in [-0.05, 0) is 19.1 Å². The number of aromatic nitrogens is 3. The van der Waals surface area contributed by atoms with E-state index in [-0.39, 0.29) is 0 Å². The summed E-state index contributed by atoms with van der Waals surface area (Å²) in [5.41, 5.74) is 0. The van der Waals surface area contributed by atoms with Gasteiger partial charge in [-0.2, -0.15) is 5.10 Å². The van der Waals surface area contributed by atoms with Crippen LogP contribution in [0, 0.1) is 6.92 Å². The molecule has 0 aliphatic rings. The molecule has 2 aromatic rings. The number of nitrogens with one attached hydrogen (secondary N) is 2. The smallest absolute Gasteiger partial charge is 0.218 e. The fourth-order valence-electron chi connectivity index (χ4n) is 1.04. The van der Waals surface area contributed by atoms with Crippen LogP contribution in [0.25, 0.3) is 0 Å². The van der Waals surface area contributed by atoms with Crippen LogP contribution in [0.3, 0.4) is 0 Å². The van der Waals surface area contributed by atoms with Crippen molar-refractivity contribution < 1.29 is 0 Å². The normalized spacial score (nSPS) is 10.2. The molecule has 2 rings (SSSR count). The molecule has 13 heavy (non-hydrogen) atoms. The maximum Gasteiger partial charge on any atom is 0.218 e. The minimum Gasteiger partial charge on any atom is -0.350 e. The lowest BCUT2D eigenvalue weighted by Crippen LogP contribution is -1.98. The van der Waals surface area contributed by atoms with E-state index in [0.29, 0.717) is 5.95 Å². The van der Waals surface area contributed by atoms with Gasteiger partial charge in [0.25, 0.3) is 0 Å². The third kappa shape index (κ3) is 2.06. The van der Waals surface area contributed by atoms with Gasteiger partial charge in [-0.15, -0.1) is 11.3 Å². The van der Waals surface area contributed by atoms with Crippen LogP contribution in [0.4, 0.5) is 5.95 Å². The highest BCUT2D eigenvalue weighted by Gasteiger charge is 1.97. The molecule has 0 amide bonds. The van der Waals surface area contributed by atoms with Crippen molar-refractivity contribution in [1.29, 1.82) is 0 Å². The molecule has 0 radical (unpaired) electrons. The Labute approximate surface area is 80.0 Å². The average Bonchev–Trinajstić information content (AvgIpc) is 2.71. The second kappa shape index (κ2) is 3.57. The van der Waals surface area contributed by atoms with Crippen LogP contribution in [-0.4, -0.2) is 15.2 Å². The summed E-state index contributed by atoms with van der Waals surface area (Å²) in [7, 11) is 0. The Kier molecular flexibility index (Phi) is 2.27. The molecule has 0 aliphatic carbocycles. The van der Waals surface area contributed by atoms with Crippen LogP contribution in [-0.2, 0) is 6.54 Å². The Morgan fingerprint density at radius 2 is 2.46 bits per heavy atom. The zero-order valence-electron chi connectivity index (χ0n) is 7.24. The summed E-state index contributed by atoms with van der Waals surface area (Å²) in [4.78, 5) is 6.59. The molecule has 0 spiro atoms. The predicted octanol–water partition coefficient (Wildman–Crippen LogP) is 1.79. The van der Waals surface area contributed by atoms with E-state index >= 15 is 0 Å². The molecule has 0 fully saturated rings. The third-order valence-corrected chi connectivity index (χ3v) is 2.64. The topological polar surface area (TPSA) is 53.6 Å². The van der Waals surface area contributed by atoms with Crippen LogP contribution >= 0.6 is 11.3 Å². The van der Waals surface area contributed by atoms with E-state index in [9.17, 15) is 0 Å². The molecule has 0 unspecified atom stereocenters. The highest BCUT2D eigenvalue weighted by Crippen LogP contribution is 2.15. The van der Waals surface area contributed by atoms with E-state index in [1.54, 1.807) is 11.3 Å². The van der Waals surface area contributed by atoms with Gasteiger partial charge in [0.2, 0.25) is 5.95 Å².